The second kappa shape index (κ2) is 22.0. The lowest BCUT2D eigenvalue weighted by Crippen LogP contribution is -2.16. The first-order chi connectivity index (χ1) is 11.4. The van der Waals surface area contributed by atoms with Crippen molar-refractivity contribution < 1.29 is 0 Å². The van der Waals surface area contributed by atoms with Crippen LogP contribution in [0.1, 0.15) is 129 Å². The molecular weight excluding hydrogens is 278 g/mol. The maximum atomic E-state index is 3.62. The Morgan fingerprint density at radius 1 is 0.348 bits per heavy atom. The monoisotopic (exact) mass is 325 g/mol. The van der Waals surface area contributed by atoms with E-state index >= 15 is 0 Å². The molecule has 0 fully saturated rings. The van der Waals surface area contributed by atoms with Crippen LogP contribution >= 0.6 is 0 Å². The molecule has 0 bridgehead atoms. The second-order valence-corrected chi connectivity index (χ2v) is 7.41. The molecule has 0 atom stereocenters. The molecule has 0 heterocycles. The average Bonchev–Trinajstić information content (AvgIpc) is 2.57. The Bertz CT molecular complexity index is 170. The SMILES string of the molecule is CCCCCCCCCCCNCCCCCCCCCCC. The van der Waals surface area contributed by atoms with Gasteiger partial charge < -0.3 is 5.32 Å². The Morgan fingerprint density at radius 2 is 0.609 bits per heavy atom. The van der Waals surface area contributed by atoms with Crippen molar-refractivity contribution in [3.8, 4) is 0 Å². The molecule has 1 nitrogen and oxygen atoms in total. The van der Waals surface area contributed by atoms with Crippen LogP contribution in [0.3, 0.4) is 0 Å². The third-order valence-electron chi connectivity index (χ3n) is 4.91. The van der Waals surface area contributed by atoms with Crippen molar-refractivity contribution in [3.05, 3.63) is 0 Å². The second-order valence-electron chi connectivity index (χ2n) is 7.41. The van der Waals surface area contributed by atoms with Gasteiger partial charge in [-0.05, 0) is 25.9 Å². The van der Waals surface area contributed by atoms with Gasteiger partial charge in [0.2, 0.25) is 0 Å². The van der Waals surface area contributed by atoms with Gasteiger partial charge in [0.1, 0.15) is 0 Å². The van der Waals surface area contributed by atoms with Gasteiger partial charge in [-0.25, -0.2) is 0 Å². The standard InChI is InChI=1S/C22H47N/c1-3-5-7-9-11-13-15-17-19-21-23-22-20-18-16-14-12-10-8-6-4-2/h23H,3-22H2,1-2H3. The van der Waals surface area contributed by atoms with E-state index in [2.05, 4.69) is 19.2 Å². The van der Waals surface area contributed by atoms with Crippen LogP contribution in [0.5, 0.6) is 0 Å². The van der Waals surface area contributed by atoms with E-state index in [1.54, 1.807) is 0 Å². The van der Waals surface area contributed by atoms with Crippen molar-refractivity contribution >= 4 is 0 Å². The first-order valence-electron chi connectivity index (χ1n) is 11.1. The van der Waals surface area contributed by atoms with Crippen LogP contribution < -0.4 is 5.32 Å². The van der Waals surface area contributed by atoms with Gasteiger partial charge in [-0.1, -0.05) is 117 Å². The van der Waals surface area contributed by atoms with E-state index < -0.39 is 0 Å². The van der Waals surface area contributed by atoms with E-state index in [-0.39, 0.29) is 0 Å². The number of hydrogen-bond acceptors (Lipinski definition) is 1. The molecule has 23 heavy (non-hydrogen) atoms. The van der Waals surface area contributed by atoms with Crippen molar-refractivity contribution in [3.63, 3.8) is 0 Å². The summed E-state index contributed by atoms with van der Waals surface area (Å²) in [5, 5.41) is 3.62. The highest BCUT2D eigenvalue weighted by Gasteiger charge is 1.94. The minimum Gasteiger partial charge on any atom is -0.317 e. The van der Waals surface area contributed by atoms with E-state index in [0.29, 0.717) is 0 Å². The zero-order valence-electron chi connectivity index (χ0n) is 16.6. The fourth-order valence-corrected chi connectivity index (χ4v) is 3.25. The first-order valence-corrected chi connectivity index (χ1v) is 11.1. The van der Waals surface area contributed by atoms with E-state index in [9.17, 15) is 0 Å². The molecule has 0 aliphatic carbocycles. The maximum absolute atomic E-state index is 3.62. The van der Waals surface area contributed by atoms with Crippen molar-refractivity contribution in [2.45, 2.75) is 129 Å². The van der Waals surface area contributed by atoms with Crippen molar-refractivity contribution in [2.75, 3.05) is 13.1 Å². The highest BCUT2D eigenvalue weighted by molar-refractivity contribution is 4.52. The normalized spacial score (nSPS) is 11.2. The third-order valence-corrected chi connectivity index (χ3v) is 4.91. The first kappa shape index (κ1) is 23.0. The molecule has 0 aliphatic rings. The number of rotatable bonds is 20. The topological polar surface area (TPSA) is 12.0 Å². The van der Waals surface area contributed by atoms with Gasteiger partial charge in [-0.15, -0.1) is 0 Å². The fraction of sp³-hybridized carbons (Fsp3) is 1.00. The summed E-state index contributed by atoms with van der Waals surface area (Å²) in [4.78, 5) is 0. The zero-order valence-corrected chi connectivity index (χ0v) is 16.6. The van der Waals surface area contributed by atoms with Crippen molar-refractivity contribution in [1.29, 1.82) is 0 Å². The van der Waals surface area contributed by atoms with Gasteiger partial charge in [0, 0.05) is 0 Å². The van der Waals surface area contributed by atoms with Crippen LogP contribution in [0.2, 0.25) is 0 Å². The Labute approximate surface area is 148 Å². The molecule has 0 radical (unpaired) electrons. The summed E-state index contributed by atoms with van der Waals surface area (Å²) in [6.07, 6.45) is 25.8. The largest absolute Gasteiger partial charge is 0.317 e. The minimum atomic E-state index is 1.24. The molecule has 0 saturated heterocycles. The molecule has 0 spiro atoms. The van der Waals surface area contributed by atoms with E-state index in [1.165, 1.54) is 129 Å². The molecule has 0 aromatic rings. The summed E-state index contributed by atoms with van der Waals surface area (Å²) in [6.45, 7) is 7.07. The predicted molar refractivity (Wildman–Crippen MR) is 107 cm³/mol. The molecule has 0 aliphatic heterocycles. The summed E-state index contributed by atoms with van der Waals surface area (Å²) in [5.74, 6) is 0. The van der Waals surface area contributed by atoms with Crippen LogP contribution in [-0.2, 0) is 0 Å². The Kier molecular flexibility index (Phi) is 21.9. The Morgan fingerprint density at radius 3 is 0.913 bits per heavy atom. The Balaban J connectivity index is 2.92. The number of hydrogen-bond donors (Lipinski definition) is 1. The summed E-state index contributed by atoms with van der Waals surface area (Å²) < 4.78 is 0. The van der Waals surface area contributed by atoms with Gasteiger partial charge in [0.25, 0.3) is 0 Å². The van der Waals surface area contributed by atoms with Crippen molar-refractivity contribution in [2.24, 2.45) is 0 Å². The third kappa shape index (κ3) is 22.0. The van der Waals surface area contributed by atoms with Gasteiger partial charge >= 0.3 is 0 Å². The van der Waals surface area contributed by atoms with Crippen molar-refractivity contribution in [1.82, 2.24) is 5.32 Å². The van der Waals surface area contributed by atoms with E-state index in [0.717, 1.165) is 0 Å². The molecule has 0 amide bonds. The highest BCUT2D eigenvalue weighted by atomic mass is 14.8. The summed E-state index contributed by atoms with van der Waals surface area (Å²) in [7, 11) is 0. The number of unbranched alkanes of at least 4 members (excludes halogenated alkanes) is 16. The molecule has 140 valence electrons. The average molecular weight is 326 g/mol. The van der Waals surface area contributed by atoms with E-state index in [4.69, 9.17) is 0 Å². The van der Waals surface area contributed by atoms with Crippen LogP contribution in [-0.4, -0.2) is 13.1 Å². The summed E-state index contributed by atoms with van der Waals surface area (Å²) >= 11 is 0. The predicted octanol–water partition coefficient (Wildman–Crippen LogP) is 7.64. The van der Waals surface area contributed by atoms with Gasteiger partial charge in [-0.2, -0.15) is 0 Å². The summed E-state index contributed by atoms with van der Waals surface area (Å²) in [6, 6.07) is 0. The molecule has 0 rings (SSSR count). The lowest BCUT2D eigenvalue weighted by atomic mass is 10.1. The molecule has 0 aromatic heterocycles. The van der Waals surface area contributed by atoms with Crippen LogP contribution in [0, 0.1) is 0 Å². The lowest BCUT2D eigenvalue weighted by molar-refractivity contribution is 0.528. The Hall–Kier alpha value is -0.0400. The zero-order chi connectivity index (χ0) is 16.8. The molecule has 1 heteroatoms. The smallest absolute Gasteiger partial charge is 0.00489 e. The quantitative estimate of drug-likeness (QED) is 0.227. The summed E-state index contributed by atoms with van der Waals surface area (Å²) in [5.41, 5.74) is 0. The van der Waals surface area contributed by atoms with Crippen LogP contribution in [0.4, 0.5) is 0 Å². The molecule has 0 unspecified atom stereocenters. The lowest BCUT2D eigenvalue weighted by Gasteiger charge is -2.05. The molecular formula is C22H47N. The van der Waals surface area contributed by atoms with Gasteiger partial charge in [-0.3, -0.25) is 0 Å². The van der Waals surface area contributed by atoms with Crippen LogP contribution in [0.25, 0.3) is 0 Å². The minimum absolute atomic E-state index is 1.24. The van der Waals surface area contributed by atoms with Gasteiger partial charge in [0.05, 0.1) is 0 Å². The fourth-order valence-electron chi connectivity index (χ4n) is 3.25. The van der Waals surface area contributed by atoms with E-state index in [1.807, 2.05) is 0 Å². The molecule has 0 saturated carbocycles. The highest BCUT2D eigenvalue weighted by Crippen LogP contribution is 2.10. The molecule has 0 aromatic carbocycles. The maximum Gasteiger partial charge on any atom is -0.00489 e. The molecule has 1 N–H and O–H groups in total. The number of nitrogens with one attached hydrogen (secondary N) is 1. The van der Waals surface area contributed by atoms with Crippen LogP contribution in [0.15, 0.2) is 0 Å². The van der Waals surface area contributed by atoms with Gasteiger partial charge in [0.15, 0.2) is 0 Å².